The summed E-state index contributed by atoms with van der Waals surface area (Å²) in [7, 11) is 0. The number of carbonyl (C=O) groups is 1. The summed E-state index contributed by atoms with van der Waals surface area (Å²) in [5.74, 6) is 0.136. The van der Waals surface area contributed by atoms with E-state index in [2.05, 4.69) is 96.2 Å². The number of esters is 1. The molecule has 0 unspecified atom stereocenters. The van der Waals surface area contributed by atoms with Crippen molar-refractivity contribution in [2.45, 2.75) is 78.2 Å². The number of ether oxygens (including phenoxy) is 1. The first kappa shape index (κ1) is 29.3. The monoisotopic (exact) mass is 577 g/mol. The Labute approximate surface area is 255 Å². The van der Waals surface area contributed by atoms with Crippen molar-refractivity contribution in [3.8, 4) is 0 Å². The molecule has 0 aliphatic heterocycles. The van der Waals surface area contributed by atoms with Crippen LogP contribution in [0.25, 0.3) is 10.8 Å². The van der Waals surface area contributed by atoms with Crippen LogP contribution in [0, 0.1) is 39.2 Å². The third-order valence-corrected chi connectivity index (χ3v) is 11.0. The molecular weight excluding hydrogens is 534 g/mol. The molecule has 2 fully saturated rings. The maximum absolute atomic E-state index is 14.4. The largest absolute Gasteiger partial charge is 0.462 e. The molecule has 0 spiro atoms. The van der Waals surface area contributed by atoms with Gasteiger partial charge < -0.3 is 4.74 Å². The average Bonchev–Trinajstić information content (AvgIpc) is 2.95. The van der Waals surface area contributed by atoms with Crippen molar-refractivity contribution in [1.29, 1.82) is 0 Å². The van der Waals surface area contributed by atoms with E-state index in [0.29, 0.717) is 5.92 Å². The Balaban J connectivity index is 1.32. The number of nitrogens with zero attached hydrogens (tertiary/aromatic N) is 1. The number of nitro groups is 1. The van der Waals surface area contributed by atoms with Crippen molar-refractivity contribution in [2.24, 2.45) is 29.1 Å². The minimum absolute atomic E-state index is 0.0388. The van der Waals surface area contributed by atoms with Gasteiger partial charge in [-0.05, 0) is 59.9 Å². The van der Waals surface area contributed by atoms with Crippen LogP contribution in [0.5, 0.6) is 0 Å². The zero-order valence-corrected chi connectivity index (χ0v) is 26.2. The third-order valence-electron chi connectivity index (χ3n) is 11.0. The van der Waals surface area contributed by atoms with Crippen molar-refractivity contribution in [3.05, 3.63) is 111 Å². The summed E-state index contributed by atoms with van der Waals surface area (Å²) in [6.07, 6.45) is 7.29. The lowest BCUT2D eigenvalue weighted by Gasteiger charge is -2.60. The van der Waals surface area contributed by atoms with Crippen LogP contribution in [0.4, 0.5) is 5.69 Å². The highest BCUT2D eigenvalue weighted by atomic mass is 16.6. The molecule has 5 heteroatoms. The van der Waals surface area contributed by atoms with Crippen LogP contribution in [0.2, 0.25) is 0 Å². The van der Waals surface area contributed by atoms with E-state index >= 15 is 0 Å². The number of non-ortho nitro benzene ring substituents is 1. The van der Waals surface area contributed by atoms with E-state index in [1.54, 1.807) is 12.1 Å². The van der Waals surface area contributed by atoms with Gasteiger partial charge in [-0.3, -0.25) is 14.9 Å². The van der Waals surface area contributed by atoms with Gasteiger partial charge in [0.2, 0.25) is 0 Å². The van der Waals surface area contributed by atoms with Gasteiger partial charge >= 0.3 is 5.97 Å². The lowest BCUT2D eigenvalue weighted by molar-refractivity contribution is -0.384. The Hall–Kier alpha value is -3.73. The highest BCUT2D eigenvalue weighted by molar-refractivity contribution is 5.83. The second kappa shape index (κ2) is 10.8. The van der Waals surface area contributed by atoms with Crippen LogP contribution in [0.3, 0.4) is 0 Å². The second-order valence-electron chi connectivity index (χ2n) is 14.3. The normalized spacial score (nSPS) is 30.5. The summed E-state index contributed by atoms with van der Waals surface area (Å²) in [5.41, 5.74) is 4.24. The number of hydrogen-bond donors (Lipinski definition) is 0. The Morgan fingerprint density at radius 2 is 1.67 bits per heavy atom. The van der Waals surface area contributed by atoms with E-state index in [9.17, 15) is 14.9 Å². The molecule has 5 nitrogen and oxygen atoms in total. The summed E-state index contributed by atoms with van der Waals surface area (Å²) >= 11 is 0. The van der Waals surface area contributed by atoms with E-state index in [4.69, 9.17) is 4.74 Å². The van der Waals surface area contributed by atoms with Crippen molar-refractivity contribution in [3.63, 3.8) is 0 Å². The third kappa shape index (κ3) is 5.01. The van der Waals surface area contributed by atoms with E-state index in [0.717, 1.165) is 24.8 Å². The fourth-order valence-corrected chi connectivity index (χ4v) is 8.93. The summed E-state index contributed by atoms with van der Waals surface area (Å²) in [4.78, 5) is 25.4. The molecular formula is C38H43NO4. The van der Waals surface area contributed by atoms with E-state index in [1.165, 1.54) is 27.5 Å². The predicted octanol–water partition coefficient (Wildman–Crippen LogP) is 9.32. The molecule has 2 saturated carbocycles. The lowest BCUT2D eigenvalue weighted by atomic mass is 9.42. The standard InChI is InChI=1S/C38H43NO4/c1-23-11-18-31(37(4,5)29-15-12-26-9-7-8-10-28(26)21-29)32(20-23)43-36(40)33-34-25(3)19-24(2)22-38(34,6)35(33)27-13-16-30(17-14-27)39(41)42/h7-10,12-17,19,21-23,31-35H,11,18,20H2,1-6H3/t23-,31-,32-,33-,34-,35+,38-/m1/s1. The highest BCUT2D eigenvalue weighted by Crippen LogP contribution is 2.66. The van der Waals surface area contributed by atoms with Gasteiger partial charge in [-0.15, -0.1) is 0 Å². The van der Waals surface area contributed by atoms with Gasteiger partial charge in [-0.25, -0.2) is 0 Å². The maximum atomic E-state index is 14.4. The van der Waals surface area contributed by atoms with Crippen LogP contribution >= 0.6 is 0 Å². The lowest BCUT2D eigenvalue weighted by Crippen LogP contribution is -2.58. The van der Waals surface area contributed by atoms with Crippen molar-refractivity contribution in [2.75, 3.05) is 0 Å². The van der Waals surface area contributed by atoms with Crippen LogP contribution in [0.1, 0.15) is 77.8 Å². The SMILES string of the molecule is CC1=C[C@]2(C)[C@H](C(C)=C1)[C@@H](C(=O)O[C@@H]1C[C@H](C)CC[C@H]1C(C)(C)c1ccc3ccccc3c1)[C@@H]2c1ccc([N+](=O)[O-])cc1. The van der Waals surface area contributed by atoms with Crippen LogP contribution in [-0.4, -0.2) is 17.0 Å². The average molecular weight is 578 g/mol. The molecule has 0 N–H and O–H groups in total. The second-order valence-corrected chi connectivity index (χ2v) is 14.3. The minimum atomic E-state index is -0.375. The first-order valence-corrected chi connectivity index (χ1v) is 15.7. The Morgan fingerprint density at radius 1 is 0.977 bits per heavy atom. The summed E-state index contributed by atoms with van der Waals surface area (Å²) in [5, 5.41) is 13.8. The molecule has 6 rings (SSSR count). The molecule has 7 atom stereocenters. The van der Waals surface area contributed by atoms with Crippen molar-refractivity contribution in [1.82, 2.24) is 0 Å². The minimum Gasteiger partial charge on any atom is -0.462 e. The van der Waals surface area contributed by atoms with E-state index in [-0.39, 0.29) is 57.2 Å². The van der Waals surface area contributed by atoms with E-state index in [1.807, 2.05) is 12.1 Å². The molecule has 0 heterocycles. The molecule has 224 valence electrons. The zero-order valence-electron chi connectivity index (χ0n) is 26.2. The number of allylic oxidation sites excluding steroid dienone is 4. The molecule has 0 radical (unpaired) electrons. The molecule has 0 bridgehead atoms. The van der Waals surface area contributed by atoms with Gasteiger partial charge in [-0.2, -0.15) is 0 Å². The molecule has 3 aromatic rings. The van der Waals surface area contributed by atoms with Gasteiger partial charge in [0.05, 0.1) is 10.8 Å². The Morgan fingerprint density at radius 3 is 2.37 bits per heavy atom. The van der Waals surface area contributed by atoms with Gasteiger partial charge in [0.25, 0.3) is 5.69 Å². The van der Waals surface area contributed by atoms with Crippen molar-refractivity contribution < 1.29 is 14.5 Å². The number of hydrogen-bond acceptors (Lipinski definition) is 4. The topological polar surface area (TPSA) is 69.4 Å². The molecule has 43 heavy (non-hydrogen) atoms. The number of carbonyl (C=O) groups excluding carboxylic acids is 1. The molecule has 0 saturated heterocycles. The fourth-order valence-electron chi connectivity index (χ4n) is 8.93. The summed E-state index contributed by atoms with van der Waals surface area (Å²) in [6, 6.07) is 22.0. The van der Waals surface area contributed by atoms with E-state index < -0.39 is 0 Å². The first-order chi connectivity index (χ1) is 20.4. The van der Waals surface area contributed by atoms with Crippen LogP contribution in [-0.2, 0) is 14.9 Å². The molecule has 3 aliphatic carbocycles. The number of rotatable bonds is 6. The number of fused-ring (bicyclic) bond motifs is 2. The van der Waals surface area contributed by atoms with Crippen LogP contribution < -0.4 is 0 Å². The molecule has 0 aromatic heterocycles. The quantitative estimate of drug-likeness (QED) is 0.166. The maximum Gasteiger partial charge on any atom is 0.310 e. The van der Waals surface area contributed by atoms with Crippen molar-refractivity contribution >= 4 is 22.4 Å². The van der Waals surface area contributed by atoms with Gasteiger partial charge in [0.1, 0.15) is 6.10 Å². The first-order valence-electron chi connectivity index (χ1n) is 15.7. The zero-order chi connectivity index (χ0) is 30.7. The number of benzene rings is 3. The van der Waals surface area contributed by atoms with Gasteiger partial charge in [0.15, 0.2) is 0 Å². The Bertz CT molecular complexity index is 1630. The smallest absolute Gasteiger partial charge is 0.310 e. The molecule has 3 aliphatic rings. The fraction of sp³-hybridized carbons (Fsp3) is 0.447. The predicted molar refractivity (Wildman–Crippen MR) is 172 cm³/mol. The number of nitro benzene ring substituents is 1. The Kier molecular flexibility index (Phi) is 7.35. The summed E-state index contributed by atoms with van der Waals surface area (Å²) < 4.78 is 6.66. The van der Waals surface area contributed by atoms with Crippen LogP contribution in [0.15, 0.2) is 90.0 Å². The summed E-state index contributed by atoms with van der Waals surface area (Å²) in [6.45, 7) is 13.3. The molecule has 0 amide bonds. The molecule has 3 aromatic carbocycles. The van der Waals surface area contributed by atoms with Gasteiger partial charge in [0, 0.05) is 35.3 Å². The van der Waals surface area contributed by atoms with Gasteiger partial charge in [-0.1, -0.05) is 112 Å². The highest BCUT2D eigenvalue weighted by Gasteiger charge is 2.63.